The average Bonchev–Trinajstić information content (AvgIpc) is 3.80. The van der Waals surface area contributed by atoms with Gasteiger partial charge in [-0.05, 0) is 79.1 Å². The first-order valence-electron chi connectivity index (χ1n) is 12.0. The molecule has 0 bridgehead atoms. The first-order valence-corrected chi connectivity index (χ1v) is 13.9. The second-order valence-electron chi connectivity index (χ2n) is 9.70. The quantitative estimate of drug-likeness (QED) is 0.231. The van der Waals surface area contributed by atoms with Gasteiger partial charge in [0.25, 0.3) is 5.91 Å². The number of nitrogens with zero attached hydrogens (tertiary/aromatic N) is 1. The van der Waals surface area contributed by atoms with E-state index in [2.05, 4.69) is 16.0 Å². The molecule has 0 radical (unpaired) electrons. The van der Waals surface area contributed by atoms with Crippen molar-refractivity contribution >= 4 is 92.8 Å². The van der Waals surface area contributed by atoms with Gasteiger partial charge in [0.2, 0.25) is 11.8 Å². The molecule has 0 spiro atoms. The molecule has 3 amide bonds. The lowest BCUT2D eigenvalue weighted by Crippen LogP contribution is -2.22. The second kappa shape index (κ2) is 10.8. The van der Waals surface area contributed by atoms with E-state index in [9.17, 15) is 14.4 Å². The Balaban J connectivity index is 1.24. The second-order valence-corrected chi connectivity index (χ2v) is 12.4. The Hall–Kier alpha value is -2.99. The maximum atomic E-state index is 13.1. The lowest BCUT2D eigenvalue weighted by atomic mass is 10.1. The summed E-state index contributed by atoms with van der Waals surface area (Å²) in [7, 11) is 0. The van der Waals surface area contributed by atoms with Crippen molar-refractivity contribution in [2.75, 3.05) is 16.0 Å². The number of benzene rings is 3. The van der Waals surface area contributed by atoms with Crippen molar-refractivity contribution in [3.05, 3.63) is 86.9 Å². The molecule has 40 heavy (non-hydrogen) atoms. The number of rotatable bonds is 7. The zero-order chi connectivity index (χ0) is 28.8. The number of anilines is 3. The summed E-state index contributed by atoms with van der Waals surface area (Å²) in [6.45, 7) is 0. The Kier molecular flexibility index (Phi) is 7.68. The van der Waals surface area contributed by atoms with E-state index in [0.717, 1.165) is 0 Å². The van der Waals surface area contributed by atoms with Gasteiger partial charge in [-0.2, -0.15) is 5.26 Å². The van der Waals surface area contributed by atoms with Gasteiger partial charge in [-0.1, -0.05) is 34.8 Å². The van der Waals surface area contributed by atoms with Crippen LogP contribution in [-0.4, -0.2) is 22.1 Å². The summed E-state index contributed by atoms with van der Waals surface area (Å²) in [6.07, 6.45) is 1.08. The molecular weight excluding hydrogens is 618 g/mol. The fourth-order valence-corrected chi connectivity index (χ4v) is 5.99. The third-order valence-electron chi connectivity index (χ3n) is 6.86. The van der Waals surface area contributed by atoms with Crippen LogP contribution >= 0.6 is 58.0 Å². The van der Waals surface area contributed by atoms with Gasteiger partial charge in [0, 0.05) is 33.0 Å². The van der Waals surface area contributed by atoms with Crippen LogP contribution < -0.4 is 16.0 Å². The predicted molar refractivity (Wildman–Crippen MR) is 158 cm³/mol. The van der Waals surface area contributed by atoms with Crippen LogP contribution in [0.1, 0.15) is 34.7 Å². The molecule has 5 rings (SSSR count). The monoisotopic (exact) mass is 634 g/mol. The fourth-order valence-electron chi connectivity index (χ4n) is 4.42. The van der Waals surface area contributed by atoms with Crippen LogP contribution in [0.25, 0.3) is 0 Å². The first kappa shape index (κ1) is 28.5. The highest BCUT2D eigenvalue weighted by Gasteiger charge is 2.67. The molecule has 2 unspecified atom stereocenters. The van der Waals surface area contributed by atoms with E-state index < -0.39 is 33.4 Å². The summed E-state index contributed by atoms with van der Waals surface area (Å²) in [5.41, 5.74) is 1.09. The van der Waals surface area contributed by atoms with Gasteiger partial charge in [0.1, 0.15) is 9.75 Å². The third kappa shape index (κ3) is 5.74. The SMILES string of the molecule is N#CC1(C(=O)Nc2ccc(NC(=O)c3cc(NC(=O)C4C(c5cc(Cl)cc(Cl)c5)C4(Cl)Cl)ccc3Cl)cc2)CC1. The van der Waals surface area contributed by atoms with Gasteiger partial charge in [-0.15, -0.1) is 23.2 Å². The molecule has 3 aromatic carbocycles. The fraction of sp³-hybridized carbons (Fsp3) is 0.214. The van der Waals surface area contributed by atoms with E-state index >= 15 is 0 Å². The zero-order valence-corrected chi connectivity index (χ0v) is 24.2. The number of nitriles is 1. The van der Waals surface area contributed by atoms with Gasteiger partial charge in [0.05, 0.1) is 22.6 Å². The molecule has 2 aliphatic carbocycles. The lowest BCUT2D eigenvalue weighted by molar-refractivity contribution is -0.119. The van der Waals surface area contributed by atoms with Gasteiger partial charge in [-0.3, -0.25) is 14.4 Å². The number of nitrogens with one attached hydrogen (secondary N) is 3. The van der Waals surface area contributed by atoms with Crippen LogP contribution in [0.2, 0.25) is 15.1 Å². The molecule has 2 saturated carbocycles. The van der Waals surface area contributed by atoms with Crippen molar-refractivity contribution in [1.82, 2.24) is 0 Å². The molecule has 204 valence electrons. The summed E-state index contributed by atoms with van der Waals surface area (Å²) in [4.78, 5) is 38.3. The predicted octanol–water partition coefficient (Wildman–Crippen LogP) is 7.67. The Morgan fingerprint density at radius 2 is 1.38 bits per heavy atom. The van der Waals surface area contributed by atoms with Crippen LogP contribution in [0, 0.1) is 22.7 Å². The summed E-state index contributed by atoms with van der Waals surface area (Å²) in [6, 6.07) is 17.9. The van der Waals surface area contributed by atoms with E-state index in [1.54, 1.807) is 48.5 Å². The molecule has 3 aromatic rings. The smallest absolute Gasteiger partial charge is 0.257 e. The molecule has 0 aliphatic heterocycles. The molecule has 0 saturated heterocycles. The van der Waals surface area contributed by atoms with E-state index in [1.165, 1.54) is 12.1 Å². The topological polar surface area (TPSA) is 111 Å². The number of halogens is 5. The highest BCUT2D eigenvalue weighted by atomic mass is 35.5. The highest BCUT2D eigenvalue weighted by Crippen LogP contribution is 2.65. The Labute approximate surface area is 254 Å². The molecule has 12 heteroatoms. The molecule has 0 heterocycles. The standard InChI is InChI=1S/C28H19Cl5N4O3/c29-15-9-14(10-16(30)11-15)22-23(28(22,32)33)25(39)36-19-5-6-21(31)20(12-19)24(38)35-17-1-3-18(4-2-17)37-26(40)27(13-34)7-8-27/h1-6,9-12,22-23H,7-8H2,(H,35,38)(H,36,39)(H,37,40). The minimum absolute atomic E-state index is 0.124. The maximum absolute atomic E-state index is 13.1. The normalized spacial score (nSPS) is 19.6. The molecule has 2 aliphatic rings. The van der Waals surface area contributed by atoms with Gasteiger partial charge in [0.15, 0.2) is 0 Å². The Bertz CT molecular complexity index is 1560. The first-order chi connectivity index (χ1) is 18.9. The molecule has 2 atom stereocenters. The largest absolute Gasteiger partial charge is 0.326 e. The number of alkyl halides is 2. The van der Waals surface area contributed by atoms with Crippen LogP contribution in [0.3, 0.4) is 0 Å². The Morgan fingerprint density at radius 1 is 0.800 bits per heavy atom. The van der Waals surface area contributed by atoms with E-state index in [4.69, 9.17) is 63.3 Å². The van der Waals surface area contributed by atoms with Crippen molar-refractivity contribution in [2.24, 2.45) is 11.3 Å². The number of carbonyl (C=O) groups is 3. The van der Waals surface area contributed by atoms with E-state index in [-0.39, 0.29) is 16.5 Å². The van der Waals surface area contributed by atoms with Crippen molar-refractivity contribution in [2.45, 2.75) is 23.1 Å². The highest BCUT2D eigenvalue weighted by molar-refractivity contribution is 6.53. The zero-order valence-electron chi connectivity index (χ0n) is 20.4. The van der Waals surface area contributed by atoms with Crippen molar-refractivity contribution in [3.63, 3.8) is 0 Å². The third-order valence-corrected chi connectivity index (χ3v) is 8.56. The molecule has 2 fully saturated rings. The maximum Gasteiger partial charge on any atom is 0.257 e. The minimum Gasteiger partial charge on any atom is -0.326 e. The van der Waals surface area contributed by atoms with Crippen LogP contribution in [0.5, 0.6) is 0 Å². The van der Waals surface area contributed by atoms with Gasteiger partial charge in [-0.25, -0.2) is 0 Å². The van der Waals surface area contributed by atoms with Crippen LogP contribution in [-0.2, 0) is 9.59 Å². The van der Waals surface area contributed by atoms with Gasteiger partial charge >= 0.3 is 0 Å². The number of hydrogen-bond donors (Lipinski definition) is 3. The molecule has 0 aromatic heterocycles. The van der Waals surface area contributed by atoms with Crippen molar-refractivity contribution in [3.8, 4) is 6.07 Å². The van der Waals surface area contributed by atoms with Gasteiger partial charge < -0.3 is 16.0 Å². The minimum atomic E-state index is -1.36. The average molecular weight is 637 g/mol. The Morgan fingerprint density at radius 3 is 1.95 bits per heavy atom. The van der Waals surface area contributed by atoms with Crippen molar-refractivity contribution < 1.29 is 14.4 Å². The summed E-state index contributed by atoms with van der Waals surface area (Å²) >= 11 is 31.3. The van der Waals surface area contributed by atoms with E-state index in [1.807, 2.05) is 6.07 Å². The summed E-state index contributed by atoms with van der Waals surface area (Å²) in [5, 5.41) is 18.3. The van der Waals surface area contributed by atoms with E-state index in [0.29, 0.717) is 45.5 Å². The molecule has 7 nitrogen and oxygen atoms in total. The summed E-state index contributed by atoms with van der Waals surface area (Å²) < 4.78 is -1.36. The molecule has 3 N–H and O–H groups in total. The van der Waals surface area contributed by atoms with Crippen LogP contribution in [0.15, 0.2) is 60.7 Å². The summed E-state index contributed by atoms with van der Waals surface area (Å²) in [5.74, 6) is -2.60. The number of hydrogen-bond acceptors (Lipinski definition) is 4. The van der Waals surface area contributed by atoms with Crippen molar-refractivity contribution in [1.29, 1.82) is 5.26 Å². The van der Waals surface area contributed by atoms with Crippen LogP contribution in [0.4, 0.5) is 17.1 Å². The number of amides is 3. The molecular formula is C28H19Cl5N4O3. The number of carbonyl (C=O) groups excluding carboxylic acids is 3. The lowest BCUT2D eigenvalue weighted by Gasteiger charge is -2.11.